The molecule has 82 valence electrons. The highest BCUT2D eigenvalue weighted by Crippen LogP contribution is 2.12. The minimum absolute atomic E-state index is 0.296. The number of amidine groups is 1. The predicted molar refractivity (Wildman–Crippen MR) is 60.0 cm³/mol. The number of nitrogens with zero attached hydrogens (tertiary/aromatic N) is 3. The Morgan fingerprint density at radius 2 is 2.06 bits per heavy atom. The van der Waals surface area contributed by atoms with Crippen molar-refractivity contribution < 1.29 is 4.39 Å². The Morgan fingerprint density at radius 1 is 1.38 bits per heavy atom. The van der Waals surface area contributed by atoms with Crippen molar-refractivity contribution in [3.8, 4) is 0 Å². The second-order valence-corrected chi connectivity index (χ2v) is 3.40. The molecule has 0 bridgehead atoms. The number of nitrogens with two attached hydrogens (primary N) is 1. The van der Waals surface area contributed by atoms with Gasteiger partial charge in [-0.3, -0.25) is 0 Å². The van der Waals surface area contributed by atoms with Gasteiger partial charge in [0, 0.05) is 13.2 Å². The van der Waals surface area contributed by atoms with Crippen LogP contribution in [0.3, 0.4) is 0 Å². The fraction of sp³-hybridized carbons (Fsp3) is 0.0909. The molecule has 5 heteroatoms. The van der Waals surface area contributed by atoms with Crippen LogP contribution in [0.15, 0.2) is 41.8 Å². The highest BCUT2D eigenvalue weighted by atomic mass is 19.1. The monoisotopic (exact) mass is 218 g/mol. The average molecular weight is 218 g/mol. The number of imidazole rings is 1. The summed E-state index contributed by atoms with van der Waals surface area (Å²) in [5.41, 5.74) is 6.96. The van der Waals surface area contributed by atoms with Crippen molar-refractivity contribution in [2.45, 2.75) is 0 Å². The molecule has 1 aromatic heterocycles. The summed E-state index contributed by atoms with van der Waals surface area (Å²) in [7, 11) is 1.85. The van der Waals surface area contributed by atoms with Crippen LogP contribution >= 0.6 is 0 Å². The third-order valence-electron chi connectivity index (χ3n) is 2.04. The Balaban J connectivity index is 2.27. The van der Waals surface area contributed by atoms with Crippen LogP contribution in [0.1, 0.15) is 5.69 Å². The standard InChI is InChI=1S/C11H11FN4/c1-16-6-10(14-7-16)11(13)15-9-4-2-8(12)3-5-9/h2-7H,1H3,(H2,13,15). The summed E-state index contributed by atoms with van der Waals surface area (Å²) in [6.45, 7) is 0. The first-order valence-corrected chi connectivity index (χ1v) is 4.73. The van der Waals surface area contributed by atoms with Crippen molar-refractivity contribution in [1.82, 2.24) is 9.55 Å². The van der Waals surface area contributed by atoms with Crippen LogP contribution < -0.4 is 5.73 Å². The largest absolute Gasteiger partial charge is 0.382 e. The van der Waals surface area contributed by atoms with Crippen molar-refractivity contribution >= 4 is 11.5 Å². The van der Waals surface area contributed by atoms with E-state index in [1.165, 1.54) is 12.1 Å². The number of benzene rings is 1. The molecule has 1 aromatic carbocycles. The summed E-state index contributed by atoms with van der Waals surface area (Å²) in [6, 6.07) is 5.80. The van der Waals surface area contributed by atoms with E-state index >= 15 is 0 Å². The predicted octanol–water partition coefficient (Wildman–Crippen LogP) is 1.60. The zero-order valence-corrected chi connectivity index (χ0v) is 8.76. The van der Waals surface area contributed by atoms with Crippen LogP contribution in [0.25, 0.3) is 0 Å². The normalized spacial score (nSPS) is 11.8. The number of hydrogen-bond acceptors (Lipinski definition) is 2. The Kier molecular flexibility index (Phi) is 2.68. The molecule has 1 heterocycles. The van der Waals surface area contributed by atoms with Gasteiger partial charge in [-0.15, -0.1) is 0 Å². The molecule has 0 aliphatic heterocycles. The third-order valence-corrected chi connectivity index (χ3v) is 2.04. The molecule has 0 saturated heterocycles. The van der Waals surface area contributed by atoms with Crippen molar-refractivity contribution in [2.24, 2.45) is 17.8 Å². The number of aromatic nitrogens is 2. The van der Waals surface area contributed by atoms with E-state index in [1.54, 1.807) is 29.2 Å². The lowest BCUT2D eigenvalue weighted by Crippen LogP contribution is -2.13. The molecule has 2 aromatic rings. The first kappa shape index (κ1) is 10.4. The second-order valence-electron chi connectivity index (χ2n) is 3.40. The van der Waals surface area contributed by atoms with Gasteiger partial charge in [-0.25, -0.2) is 14.4 Å². The topological polar surface area (TPSA) is 56.2 Å². The van der Waals surface area contributed by atoms with E-state index in [0.29, 0.717) is 17.2 Å². The van der Waals surface area contributed by atoms with E-state index in [4.69, 9.17) is 5.73 Å². The summed E-state index contributed by atoms with van der Waals surface area (Å²) in [5, 5.41) is 0. The summed E-state index contributed by atoms with van der Waals surface area (Å²) in [5.74, 6) is 0.0163. The molecule has 2 N–H and O–H groups in total. The van der Waals surface area contributed by atoms with Crippen LogP contribution in [0.5, 0.6) is 0 Å². The van der Waals surface area contributed by atoms with Gasteiger partial charge in [0.1, 0.15) is 11.5 Å². The maximum atomic E-state index is 12.7. The van der Waals surface area contributed by atoms with Crippen LogP contribution in [0.2, 0.25) is 0 Å². The van der Waals surface area contributed by atoms with E-state index < -0.39 is 0 Å². The van der Waals surface area contributed by atoms with Crippen molar-refractivity contribution in [3.63, 3.8) is 0 Å². The molecule has 0 fully saturated rings. The summed E-state index contributed by atoms with van der Waals surface area (Å²) >= 11 is 0. The van der Waals surface area contributed by atoms with Crippen molar-refractivity contribution in [2.75, 3.05) is 0 Å². The number of aryl methyl sites for hydroxylation is 1. The molecular formula is C11H11FN4. The highest BCUT2D eigenvalue weighted by Gasteiger charge is 2.01. The number of rotatable bonds is 2. The molecule has 2 rings (SSSR count). The lowest BCUT2D eigenvalue weighted by Gasteiger charge is -1.96. The maximum absolute atomic E-state index is 12.7. The molecule has 0 amide bonds. The molecular weight excluding hydrogens is 207 g/mol. The molecule has 4 nitrogen and oxygen atoms in total. The van der Waals surface area contributed by atoms with Gasteiger partial charge in [-0.05, 0) is 24.3 Å². The molecule has 0 radical (unpaired) electrons. The number of halogens is 1. The van der Waals surface area contributed by atoms with Crippen molar-refractivity contribution in [1.29, 1.82) is 0 Å². The van der Waals surface area contributed by atoms with Gasteiger partial charge in [-0.1, -0.05) is 0 Å². The minimum atomic E-state index is -0.296. The van der Waals surface area contributed by atoms with E-state index in [-0.39, 0.29) is 5.82 Å². The van der Waals surface area contributed by atoms with Crippen LogP contribution in [-0.4, -0.2) is 15.4 Å². The Bertz CT molecular complexity index is 513. The quantitative estimate of drug-likeness (QED) is 0.614. The number of aliphatic imine (C=N–C) groups is 1. The van der Waals surface area contributed by atoms with Gasteiger partial charge in [0.15, 0.2) is 5.84 Å². The molecule has 0 atom stereocenters. The zero-order valence-electron chi connectivity index (χ0n) is 8.76. The van der Waals surface area contributed by atoms with Crippen LogP contribution in [0.4, 0.5) is 10.1 Å². The van der Waals surface area contributed by atoms with Gasteiger partial charge in [0.25, 0.3) is 0 Å². The van der Waals surface area contributed by atoms with E-state index in [2.05, 4.69) is 9.98 Å². The van der Waals surface area contributed by atoms with Gasteiger partial charge in [-0.2, -0.15) is 0 Å². The minimum Gasteiger partial charge on any atom is -0.382 e. The number of hydrogen-bond donors (Lipinski definition) is 1. The summed E-state index contributed by atoms with van der Waals surface area (Å²) in [6.07, 6.45) is 3.41. The Labute approximate surface area is 92.3 Å². The fourth-order valence-electron chi connectivity index (χ4n) is 1.26. The average Bonchev–Trinajstić information content (AvgIpc) is 2.68. The van der Waals surface area contributed by atoms with Gasteiger partial charge < -0.3 is 10.3 Å². The molecule has 0 unspecified atom stereocenters. The molecule has 0 spiro atoms. The van der Waals surface area contributed by atoms with Crippen LogP contribution in [0, 0.1) is 5.82 Å². The van der Waals surface area contributed by atoms with Gasteiger partial charge in [0.2, 0.25) is 0 Å². The Morgan fingerprint density at radius 3 is 2.62 bits per heavy atom. The van der Waals surface area contributed by atoms with Crippen LogP contribution in [-0.2, 0) is 7.05 Å². The SMILES string of the molecule is Cn1cnc(C(N)=Nc2ccc(F)cc2)c1. The molecule has 0 saturated carbocycles. The van der Waals surface area contributed by atoms with Gasteiger partial charge >= 0.3 is 0 Å². The third kappa shape index (κ3) is 2.25. The molecule has 0 aliphatic carbocycles. The molecule has 0 aliphatic rings. The second kappa shape index (κ2) is 4.14. The highest BCUT2D eigenvalue weighted by molar-refractivity contribution is 5.97. The van der Waals surface area contributed by atoms with Gasteiger partial charge in [0.05, 0.1) is 12.0 Å². The first-order chi connectivity index (χ1) is 7.65. The fourth-order valence-corrected chi connectivity index (χ4v) is 1.26. The van der Waals surface area contributed by atoms with Crippen molar-refractivity contribution in [3.05, 3.63) is 48.3 Å². The Hall–Kier alpha value is -2.17. The first-order valence-electron chi connectivity index (χ1n) is 4.73. The molecule has 16 heavy (non-hydrogen) atoms. The maximum Gasteiger partial charge on any atom is 0.151 e. The summed E-state index contributed by atoms with van der Waals surface area (Å²) < 4.78 is 14.4. The lowest BCUT2D eigenvalue weighted by molar-refractivity contribution is 0.628. The lowest BCUT2D eigenvalue weighted by atomic mass is 10.3. The van der Waals surface area contributed by atoms with E-state index in [1.807, 2.05) is 7.05 Å². The van der Waals surface area contributed by atoms with E-state index in [9.17, 15) is 4.39 Å². The van der Waals surface area contributed by atoms with E-state index in [0.717, 1.165) is 0 Å². The zero-order chi connectivity index (χ0) is 11.5. The smallest absolute Gasteiger partial charge is 0.151 e. The summed E-state index contributed by atoms with van der Waals surface area (Å²) in [4.78, 5) is 8.20.